The van der Waals surface area contributed by atoms with Crippen LogP contribution in [-0.2, 0) is 4.79 Å². The van der Waals surface area contributed by atoms with Crippen LogP contribution in [-0.4, -0.2) is 11.9 Å². The van der Waals surface area contributed by atoms with Crippen LogP contribution in [0.4, 0.5) is 0 Å². The highest BCUT2D eigenvalue weighted by atomic mass is 16.2. The van der Waals surface area contributed by atoms with Crippen molar-refractivity contribution >= 4 is 5.91 Å². The summed E-state index contributed by atoms with van der Waals surface area (Å²) < 4.78 is 0. The maximum absolute atomic E-state index is 11.1. The molecule has 0 aromatic heterocycles. The predicted molar refractivity (Wildman–Crippen MR) is 40.7 cm³/mol. The van der Waals surface area contributed by atoms with Gasteiger partial charge < -0.3 is 5.32 Å². The molecular weight excluding hydrogens is 138 g/mol. The van der Waals surface area contributed by atoms with Crippen LogP contribution in [0.25, 0.3) is 0 Å². The summed E-state index contributed by atoms with van der Waals surface area (Å²) in [7, 11) is 0. The Labute approximate surface area is 65.0 Å². The summed E-state index contributed by atoms with van der Waals surface area (Å²) in [6.45, 7) is 0. The minimum Gasteiger partial charge on any atom is -0.349 e. The maximum atomic E-state index is 11.1. The molecule has 3 aliphatic rings. The zero-order valence-electron chi connectivity index (χ0n) is 6.03. The molecular formula is C9H9NO. The molecule has 1 fully saturated rings. The number of amides is 1. The van der Waals surface area contributed by atoms with E-state index in [-0.39, 0.29) is 11.8 Å². The molecule has 0 aromatic rings. The lowest BCUT2D eigenvalue weighted by atomic mass is 9.64. The molecule has 1 amide bonds. The Morgan fingerprint density at radius 1 is 1.18 bits per heavy atom. The first kappa shape index (κ1) is 5.58. The highest BCUT2D eigenvalue weighted by Gasteiger charge is 2.48. The van der Waals surface area contributed by atoms with Gasteiger partial charge in [-0.2, -0.15) is 0 Å². The van der Waals surface area contributed by atoms with E-state index in [4.69, 9.17) is 0 Å². The number of hydrogen-bond donors (Lipinski definition) is 1. The summed E-state index contributed by atoms with van der Waals surface area (Å²) in [6.07, 6.45) is 8.65. The van der Waals surface area contributed by atoms with Gasteiger partial charge in [-0.15, -0.1) is 0 Å². The number of nitrogens with one attached hydrogen (secondary N) is 1. The minimum atomic E-state index is 0.235. The van der Waals surface area contributed by atoms with E-state index in [0.717, 1.165) is 0 Å². The van der Waals surface area contributed by atoms with Gasteiger partial charge in [0.25, 0.3) is 0 Å². The van der Waals surface area contributed by atoms with E-state index >= 15 is 0 Å². The van der Waals surface area contributed by atoms with Crippen molar-refractivity contribution in [2.24, 2.45) is 17.8 Å². The third kappa shape index (κ3) is 0.516. The SMILES string of the molecule is O=C1N[C@H]2C=C[C@H]3C=C[C@H]3[C@H]12. The van der Waals surface area contributed by atoms with E-state index in [1.807, 2.05) is 0 Å². The molecule has 0 spiro atoms. The smallest absolute Gasteiger partial charge is 0.226 e. The number of rotatable bonds is 0. The van der Waals surface area contributed by atoms with Crippen LogP contribution in [0.15, 0.2) is 24.3 Å². The number of carbonyl (C=O) groups excluding carboxylic acids is 1. The van der Waals surface area contributed by atoms with Crippen molar-refractivity contribution in [1.29, 1.82) is 0 Å². The van der Waals surface area contributed by atoms with Crippen LogP contribution in [0.2, 0.25) is 0 Å². The molecule has 2 nitrogen and oxygen atoms in total. The maximum Gasteiger partial charge on any atom is 0.226 e. The summed E-state index contributed by atoms with van der Waals surface area (Å²) in [5, 5.41) is 2.87. The fraction of sp³-hybridized carbons (Fsp3) is 0.444. The minimum absolute atomic E-state index is 0.235. The van der Waals surface area contributed by atoms with Gasteiger partial charge in [0.2, 0.25) is 5.91 Å². The molecule has 0 bridgehead atoms. The fourth-order valence-corrected chi connectivity index (χ4v) is 2.17. The Morgan fingerprint density at radius 3 is 2.55 bits per heavy atom. The average Bonchev–Trinajstić information content (AvgIpc) is 1.94. The Kier molecular flexibility index (Phi) is 0.799. The molecule has 0 radical (unpaired) electrons. The van der Waals surface area contributed by atoms with E-state index in [9.17, 15) is 4.79 Å². The molecule has 2 aliphatic carbocycles. The third-order valence-electron chi connectivity index (χ3n) is 2.95. The molecule has 11 heavy (non-hydrogen) atoms. The highest BCUT2D eigenvalue weighted by molar-refractivity contribution is 5.88. The van der Waals surface area contributed by atoms with Crippen molar-refractivity contribution in [3.05, 3.63) is 24.3 Å². The largest absolute Gasteiger partial charge is 0.349 e. The molecule has 4 atom stereocenters. The molecule has 1 N–H and O–H groups in total. The van der Waals surface area contributed by atoms with Crippen molar-refractivity contribution in [2.45, 2.75) is 6.04 Å². The number of fused-ring (bicyclic) bond motifs is 3. The van der Waals surface area contributed by atoms with E-state index < -0.39 is 0 Å². The Bertz CT molecular complexity index is 279. The molecule has 0 saturated carbocycles. The van der Waals surface area contributed by atoms with Crippen LogP contribution in [0.3, 0.4) is 0 Å². The van der Waals surface area contributed by atoms with Gasteiger partial charge >= 0.3 is 0 Å². The molecule has 56 valence electrons. The van der Waals surface area contributed by atoms with E-state index in [0.29, 0.717) is 17.9 Å². The van der Waals surface area contributed by atoms with Crippen molar-refractivity contribution < 1.29 is 4.79 Å². The predicted octanol–water partition coefficient (Wildman–Crippen LogP) is 0.473. The second-order valence-electron chi connectivity index (χ2n) is 3.48. The van der Waals surface area contributed by atoms with Gasteiger partial charge in [-0.3, -0.25) is 4.79 Å². The lowest BCUT2D eigenvalue weighted by Crippen LogP contribution is -2.62. The van der Waals surface area contributed by atoms with Gasteiger partial charge in [-0.25, -0.2) is 0 Å². The summed E-state index contributed by atoms with van der Waals surface area (Å²) in [5.41, 5.74) is 0. The van der Waals surface area contributed by atoms with Crippen LogP contribution in [0, 0.1) is 17.8 Å². The lowest BCUT2D eigenvalue weighted by Gasteiger charge is -2.47. The highest BCUT2D eigenvalue weighted by Crippen LogP contribution is 2.42. The number of β-lactam (4-membered cyclic amide) rings is 1. The number of carbonyl (C=O) groups is 1. The zero-order valence-corrected chi connectivity index (χ0v) is 6.03. The molecule has 0 aromatic carbocycles. The van der Waals surface area contributed by atoms with E-state index in [2.05, 4.69) is 29.6 Å². The number of hydrogen-bond acceptors (Lipinski definition) is 1. The zero-order chi connectivity index (χ0) is 7.42. The molecule has 1 saturated heterocycles. The van der Waals surface area contributed by atoms with Gasteiger partial charge in [-0.1, -0.05) is 24.3 Å². The van der Waals surface area contributed by atoms with Crippen LogP contribution in [0.5, 0.6) is 0 Å². The molecule has 1 aliphatic heterocycles. The first-order valence-corrected chi connectivity index (χ1v) is 4.03. The fourth-order valence-electron chi connectivity index (χ4n) is 2.17. The molecule has 1 heterocycles. The second-order valence-corrected chi connectivity index (χ2v) is 3.48. The number of allylic oxidation sites excluding steroid dienone is 3. The summed E-state index contributed by atoms with van der Waals surface area (Å²) >= 11 is 0. The first-order chi connectivity index (χ1) is 5.36. The summed E-state index contributed by atoms with van der Waals surface area (Å²) in [5.74, 6) is 1.56. The van der Waals surface area contributed by atoms with Crippen molar-refractivity contribution in [2.75, 3.05) is 0 Å². The average molecular weight is 147 g/mol. The van der Waals surface area contributed by atoms with Gasteiger partial charge in [0, 0.05) is 11.8 Å². The normalized spacial score (nSPS) is 50.0. The van der Waals surface area contributed by atoms with Crippen molar-refractivity contribution in [3.63, 3.8) is 0 Å². The molecule has 2 heteroatoms. The molecule has 0 unspecified atom stereocenters. The lowest BCUT2D eigenvalue weighted by molar-refractivity contribution is -0.136. The van der Waals surface area contributed by atoms with Gasteiger partial charge in [-0.05, 0) is 0 Å². The van der Waals surface area contributed by atoms with Crippen molar-refractivity contribution in [3.8, 4) is 0 Å². The van der Waals surface area contributed by atoms with Gasteiger partial charge in [0.05, 0.1) is 12.0 Å². The first-order valence-electron chi connectivity index (χ1n) is 4.03. The monoisotopic (exact) mass is 147 g/mol. The topological polar surface area (TPSA) is 29.1 Å². The third-order valence-corrected chi connectivity index (χ3v) is 2.95. The van der Waals surface area contributed by atoms with Crippen LogP contribution in [0.1, 0.15) is 0 Å². The second kappa shape index (κ2) is 1.58. The Balaban J connectivity index is 1.99. The van der Waals surface area contributed by atoms with Gasteiger partial charge in [0.15, 0.2) is 0 Å². The van der Waals surface area contributed by atoms with Crippen molar-refractivity contribution in [1.82, 2.24) is 5.32 Å². The van der Waals surface area contributed by atoms with Gasteiger partial charge in [0.1, 0.15) is 0 Å². The Hall–Kier alpha value is -1.05. The van der Waals surface area contributed by atoms with Crippen LogP contribution >= 0.6 is 0 Å². The standard InChI is InChI=1S/C9H9NO/c11-9-8-6-3-1-5(6)2-4-7(8)10-9/h1-8H,(H,10,11)/t5-,6-,7+,8+/m1/s1. The van der Waals surface area contributed by atoms with Crippen LogP contribution < -0.4 is 5.32 Å². The Morgan fingerprint density at radius 2 is 2.00 bits per heavy atom. The van der Waals surface area contributed by atoms with E-state index in [1.54, 1.807) is 0 Å². The molecule has 3 rings (SSSR count). The quantitative estimate of drug-likeness (QED) is 0.391. The van der Waals surface area contributed by atoms with E-state index in [1.165, 1.54) is 0 Å². The summed E-state index contributed by atoms with van der Waals surface area (Å²) in [4.78, 5) is 11.1. The summed E-state index contributed by atoms with van der Waals surface area (Å²) in [6, 6.07) is 0.341.